The zero-order valence-corrected chi connectivity index (χ0v) is 11.2. The normalized spacial score (nSPS) is 18.7. The molecule has 5 nitrogen and oxygen atoms in total. The van der Waals surface area contributed by atoms with E-state index in [0.717, 1.165) is 0 Å². The van der Waals surface area contributed by atoms with Crippen LogP contribution in [-0.4, -0.2) is 35.1 Å². The van der Waals surface area contributed by atoms with Crippen molar-refractivity contribution in [2.24, 2.45) is 5.92 Å². The summed E-state index contributed by atoms with van der Waals surface area (Å²) in [5.74, 6) is -1.82. The summed E-state index contributed by atoms with van der Waals surface area (Å²) in [5.41, 5.74) is 1.09. The van der Waals surface area contributed by atoms with Gasteiger partial charge in [0, 0.05) is 18.8 Å². The van der Waals surface area contributed by atoms with Crippen LogP contribution in [0.15, 0.2) is 18.2 Å². The first-order valence-electron chi connectivity index (χ1n) is 6.51. The SMILES string of the molecule is Cc1cc(F)cc(NC(=O)N2CCCC(C(=O)O)C2)c1. The molecule has 0 aromatic heterocycles. The Morgan fingerprint density at radius 2 is 2.15 bits per heavy atom. The van der Waals surface area contributed by atoms with Gasteiger partial charge in [0.15, 0.2) is 0 Å². The molecular weight excluding hydrogens is 263 g/mol. The van der Waals surface area contributed by atoms with Gasteiger partial charge in [0.2, 0.25) is 0 Å². The molecule has 1 fully saturated rings. The molecule has 2 rings (SSSR count). The van der Waals surface area contributed by atoms with Crippen molar-refractivity contribution in [3.8, 4) is 0 Å². The first-order chi connectivity index (χ1) is 9.45. The van der Waals surface area contributed by atoms with E-state index in [-0.39, 0.29) is 12.6 Å². The Balaban J connectivity index is 2.02. The number of urea groups is 1. The average Bonchev–Trinajstić information content (AvgIpc) is 2.37. The molecule has 6 heteroatoms. The predicted octanol–water partition coefficient (Wildman–Crippen LogP) is 2.46. The van der Waals surface area contributed by atoms with Crippen LogP contribution >= 0.6 is 0 Å². The van der Waals surface area contributed by atoms with Gasteiger partial charge in [0.1, 0.15) is 5.82 Å². The number of anilines is 1. The van der Waals surface area contributed by atoms with Gasteiger partial charge in [-0.3, -0.25) is 4.79 Å². The highest BCUT2D eigenvalue weighted by Gasteiger charge is 2.28. The maximum Gasteiger partial charge on any atom is 0.321 e. The number of likely N-dealkylation sites (tertiary alicyclic amines) is 1. The number of aryl methyl sites for hydroxylation is 1. The Kier molecular flexibility index (Phi) is 4.22. The van der Waals surface area contributed by atoms with Gasteiger partial charge >= 0.3 is 12.0 Å². The quantitative estimate of drug-likeness (QED) is 0.874. The topological polar surface area (TPSA) is 69.6 Å². The summed E-state index contributed by atoms with van der Waals surface area (Å²) in [6, 6.07) is 3.89. The molecule has 0 spiro atoms. The smallest absolute Gasteiger partial charge is 0.321 e. The number of amides is 2. The van der Waals surface area contributed by atoms with Crippen molar-refractivity contribution in [1.82, 2.24) is 4.90 Å². The van der Waals surface area contributed by atoms with Gasteiger partial charge in [-0.15, -0.1) is 0 Å². The fourth-order valence-electron chi connectivity index (χ4n) is 2.37. The molecule has 108 valence electrons. The lowest BCUT2D eigenvalue weighted by Crippen LogP contribution is -2.44. The van der Waals surface area contributed by atoms with E-state index in [9.17, 15) is 14.0 Å². The van der Waals surface area contributed by atoms with E-state index in [1.165, 1.54) is 17.0 Å². The van der Waals surface area contributed by atoms with Crippen molar-refractivity contribution in [2.45, 2.75) is 19.8 Å². The van der Waals surface area contributed by atoms with Gasteiger partial charge in [0.05, 0.1) is 5.92 Å². The third-order valence-corrected chi connectivity index (χ3v) is 3.35. The molecule has 0 saturated carbocycles. The number of hydrogen-bond donors (Lipinski definition) is 2. The second-order valence-corrected chi connectivity index (χ2v) is 5.07. The molecule has 2 amide bonds. The Labute approximate surface area is 116 Å². The standard InChI is InChI=1S/C14H17FN2O3/c1-9-5-11(15)7-12(6-9)16-14(20)17-4-2-3-10(8-17)13(18)19/h5-7,10H,2-4,8H2,1H3,(H,16,20)(H,18,19). The highest BCUT2D eigenvalue weighted by Crippen LogP contribution is 2.19. The number of piperidine rings is 1. The first kappa shape index (κ1) is 14.3. The lowest BCUT2D eigenvalue weighted by molar-refractivity contribution is -0.143. The van der Waals surface area contributed by atoms with Crippen LogP contribution in [0, 0.1) is 18.7 Å². The van der Waals surface area contributed by atoms with E-state index in [1.807, 2.05) is 0 Å². The van der Waals surface area contributed by atoms with Gasteiger partial charge in [0.25, 0.3) is 0 Å². The zero-order chi connectivity index (χ0) is 14.7. The van der Waals surface area contributed by atoms with E-state index in [1.54, 1.807) is 13.0 Å². The number of halogens is 1. The average molecular weight is 280 g/mol. The minimum absolute atomic E-state index is 0.190. The number of carboxylic acid groups (broad SMARTS) is 1. The molecule has 1 aliphatic rings. The van der Waals surface area contributed by atoms with Crippen molar-refractivity contribution in [3.63, 3.8) is 0 Å². The van der Waals surface area contributed by atoms with Crippen LogP contribution in [-0.2, 0) is 4.79 Å². The van der Waals surface area contributed by atoms with E-state index in [0.29, 0.717) is 30.6 Å². The minimum Gasteiger partial charge on any atom is -0.481 e. The highest BCUT2D eigenvalue weighted by atomic mass is 19.1. The van der Waals surface area contributed by atoms with Crippen LogP contribution in [0.3, 0.4) is 0 Å². The van der Waals surface area contributed by atoms with Crippen LogP contribution in [0.2, 0.25) is 0 Å². The molecule has 1 aromatic carbocycles. The second kappa shape index (κ2) is 5.90. The van der Waals surface area contributed by atoms with Crippen molar-refractivity contribution in [3.05, 3.63) is 29.6 Å². The zero-order valence-electron chi connectivity index (χ0n) is 11.2. The van der Waals surface area contributed by atoms with E-state index in [2.05, 4.69) is 5.32 Å². The number of aliphatic carboxylic acids is 1. The number of hydrogen-bond acceptors (Lipinski definition) is 2. The molecule has 1 saturated heterocycles. The molecule has 1 aliphatic heterocycles. The van der Waals surface area contributed by atoms with Crippen molar-refractivity contribution < 1.29 is 19.1 Å². The number of nitrogens with zero attached hydrogens (tertiary/aromatic N) is 1. The van der Waals surface area contributed by atoms with Gasteiger partial charge in [-0.05, 0) is 43.5 Å². The van der Waals surface area contributed by atoms with Crippen molar-refractivity contribution >= 4 is 17.7 Å². The Bertz CT molecular complexity index is 513. The third-order valence-electron chi connectivity index (χ3n) is 3.35. The molecule has 1 heterocycles. The lowest BCUT2D eigenvalue weighted by Gasteiger charge is -2.30. The summed E-state index contributed by atoms with van der Waals surface area (Å²) in [7, 11) is 0. The number of carboxylic acids is 1. The molecule has 1 unspecified atom stereocenters. The van der Waals surface area contributed by atoms with Crippen LogP contribution in [0.5, 0.6) is 0 Å². The molecule has 2 N–H and O–H groups in total. The Hall–Kier alpha value is -2.11. The van der Waals surface area contributed by atoms with Crippen LogP contribution in [0.4, 0.5) is 14.9 Å². The Morgan fingerprint density at radius 3 is 2.80 bits per heavy atom. The molecular formula is C14H17FN2O3. The molecule has 0 bridgehead atoms. The maximum atomic E-state index is 13.2. The summed E-state index contributed by atoms with van der Waals surface area (Å²) in [6.07, 6.45) is 1.24. The summed E-state index contributed by atoms with van der Waals surface area (Å²) < 4.78 is 13.2. The van der Waals surface area contributed by atoms with Crippen LogP contribution in [0.1, 0.15) is 18.4 Å². The number of carbonyl (C=O) groups is 2. The fraction of sp³-hybridized carbons (Fsp3) is 0.429. The maximum absolute atomic E-state index is 13.2. The molecule has 0 radical (unpaired) electrons. The summed E-state index contributed by atoms with van der Waals surface area (Å²) in [4.78, 5) is 24.5. The van der Waals surface area contributed by atoms with Crippen LogP contribution in [0.25, 0.3) is 0 Å². The first-order valence-corrected chi connectivity index (χ1v) is 6.51. The number of benzene rings is 1. The fourth-order valence-corrected chi connectivity index (χ4v) is 2.37. The molecule has 20 heavy (non-hydrogen) atoms. The number of rotatable bonds is 2. The lowest BCUT2D eigenvalue weighted by atomic mass is 9.99. The summed E-state index contributed by atoms with van der Waals surface area (Å²) in [5, 5.41) is 11.6. The second-order valence-electron chi connectivity index (χ2n) is 5.07. The highest BCUT2D eigenvalue weighted by molar-refractivity contribution is 5.89. The van der Waals surface area contributed by atoms with Gasteiger partial charge in [-0.1, -0.05) is 0 Å². The van der Waals surface area contributed by atoms with Gasteiger partial charge < -0.3 is 15.3 Å². The van der Waals surface area contributed by atoms with E-state index < -0.39 is 17.7 Å². The third kappa shape index (κ3) is 3.46. The number of carbonyl (C=O) groups excluding carboxylic acids is 1. The number of nitrogens with one attached hydrogen (secondary N) is 1. The van der Waals surface area contributed by atoms with E-state index in [4.69, 9.17) is 5.11 Å². The Morgan fingerprint density at radius 1 is 1.40 bits per heavy atom. The summed E-state index contributed by atoms with van der Waals surface area (Å²) in [6.45, 7) is 2.44. The monoisotopic (exact) mass is 280 g/mol. The van der Waals surface area contributed by atoms with Crippen LogP contribution < -0.4 is 5.32 Å². The predicted molar refractivity (Wildman–Crippen MR) is 72.1 cm³/mol. The summed E-state index contributed by atoms with van der Waals surface area (Å²) >= 11 is 0. The van der Waals surface area contributed by atoms with Crippen molar-refractivity contribution in [2.75, 3.05) is 18.4 Å². The molecule has 0 aliphatic carbocycles. The van der Waals surface area contributed by atoms with Gasteiger partial charge in [-0.25, -0.2) is 9.18 Å². The van der Waals surface area contributed by atoms with E-state index >= 15 is 0 Å². The largest absolute Gasteiger partial charge is 0.481 e. The molecule has 1 aromatic rings. The minimum atomic E-state index is -0.885. The molecule has 1 atom stereocenters. The van der Waals surface area contributed by atoms with Gasteiger partial charge in [-0.2, -0.15) is 0 Å². The van der Waals surface area contributed by atoms with Crippen molar-refractivity contribution in [1.29, 1.82) is 0 Å².